The largest absolute Gasteiger partial charge is 0.485 e. The van der Waals surface area contributed by atoms with E-state index < -0.39 is 11.6 Å². The van der Waals surface area contributed by atoms with Gasteiger partial charge in [0.15, 0.2) is 11.5 Å². The molecule has 1 aromatic rings. The van der Waals surface area contributed by atoms with Crippen LogP contribution in [-0.2, 0) is 4.79 Å². The molecule has 0 spiro atoms. The molecule has 1 aliphatic rings. The van der Waals surface area contributed by atoms with Crippen LogP contribution in [0.25, 0.3) is 0 Å². The second-order valence-electron chi connectivity index (χ2n) is 3.49. The van der Waals surface area contributed by atoms with Gasteiger partial charge in [-0.2, -0.15) is 0 Å². The zero-order chi connectivity index (χ0) is 10.9. The van der Waals surface area contributed by atoms with Crippen molar-refractivity contribution in [2.45, 2.75) is 18.9 Å². The van der Waals surface area contributed by atoms with E-state index in [4.69, 9.17) is 14.6 Å². The highest BCUT2D eigenvalue weighted by atomic mass is 16.6. The molecule has 1 atom stereocenters. The van der Waals surface area contributed by atoms with Crippen molar-refractivity contribution in [3.8, 4) is 11.5 Å². The summed E-state index contributed by atoms with van der Waals surface area (Å²) < 4.78 is 10.9. The predicted molar refractivity (Wildman–Crippen MR) is 53.2 cm³/mol. The van der Waals surface area contributed by atoms with Crippen LogP contribution in [0.2, 0.25) is 0 Å². The molecule has 1 unspecified atom stereocenters. The van der Waals surface area contributed by atoms with E-state index in [0.717, 1.165) is 0 Å². The van der Waals surface area contributed by atoms with Gasteiger partial charge in [0.2, 0.25) is 5.60 Å². The summed E-state index contributed by atoms with van der Waals surface area (Å²) in [6.45, 7) is 1.82. The Bertz CT molecular complexity index is 388. The number of carboxylic acid groups (broad SMARTS) is 1. The molecule has 0 aliphatic carbocycles. The zero-order valence-corrected chi connectivity index (χ0v) is 8.40. The molecule has 0 amide bonds. The lowest BCUT2D eigenvalue weighted by atomic mass is 10.0. The normalized spacial score (nSPS) is 23.5. The molecule has 1 heterocycles. The third kappa shape index (κ3) is 1.52. The maximum absolute atomic E-state index is 11.1. The molecular formula is C11H12O4. The van der Waals surface area contributed by atoms with Gasteiger partial charge in [-0.3, -0.25) is 0 Å². The summed E-state index contributed by atoms with van der Waals surface area (Å²) in [6.07, 6.45) is 0.372. The summed E-state index contributed by atoms with van der Waals surface area (Å²) in [7, 11) is 0. The van der Waals surface area contributed by atoms with Crippen LogP contribution in [0.15, 0.2) is 24.3 Å². The van der Waals surface area contributed by atoms with E-state index in [1.165, 1.54) is 0 Å². The molecule has 4 nitrogen and oxygen atoms in total. The quantitative estimate of drug-likeness (QED) is 0.803. The maximum Gasteiger partial charge on any atom is 0.351 e. The first-order valence-electron chi connectivity index (χ1n) is 4.82. The molecule has 0 fully saturated rings. The van der Waals surface area contributed by atoms with Crippen molar-refractivity contribution < 1.29 is 19.4 Å². The van der Waals surface area contributed by atoms with Crippen molar-refractivity contribution in [3.05, 3.63) is 24.3 Å². The molecule has 0 bridgehead atoms. The van der Waals surface area contributed by atoms with Gasteiger partial charge in [-0.05, 0) is 18.6 Å². The second-order valence-corrected chi connectivity index (χ2v) is 3.49. The standard InChI is InChI=1S/C11H12O4/c1-2-11(10(12)13)7-14-8-5-3-4-6-9(8)15-11/h3-6H,2,7H2,1H3,(H,12,13). The molecule has 1 N–H and O–H groups in total. The molecule has 2 rings (SSSR count). The van der Waals surface area contributed by atoms with Crippen molar-refractivity contribution in [1.29, 1.82) is 0 Å². The van der Waals surface area contributed by atoms with E-state index >= 15 is 0 Å². The number of carboxylic acids is 1. The number of hydrogen-bond donors (Lipinski definition) is 1. The van der Waals surface area contributed by atoms with Gasteiger partial charge >= 0.3 is 5.97 Å². The topological polar surface area (TPSA) is 55.8 Å². The zero-order valence-electron chi connectivity index (χ0n) is 8.40. The number of ether oxygens (including phenoxy) is 2. The average molecular weight is 208 g/mol. The Hall–Kier alpha value is -1.71. The van der Waals surface area contributed by atoms with Crippen molar-refractivity contribution in [2.75, 3.05) is 6.61 Å². The lowest BCUT2D eigenvalue weighted by Crippen LogP contribution is -2.51. The Morgan fingerprint density at radius 1 is 1.47 bits per heavy atom. The minimum Gasteiger partial charge on any atom is -0.485 e. The SMILES string of the molecule is CCC1(C(=O)O)COc2ccccc2O1. The Kier molecular flexibility index (Phi) is 2.26. The van der Waals surface area contributed by atoms with Crippen LogP contribution in [0.3, 0.4) is 0 Å². The maximum atomic E-state index is 11.1. The fourth-order valence-electron chi connectivity index (χ4n) is 1.52. The third-order valence-corrected chi connectivity index (χ3v) is 2.58. The Morgan fingerprint density at radius 3 is 2.73 bits per heavy atom. The van der Waals surface area contributed by atoms with Crippen molar-refractivity contribution in [3.63, 3.8) is 0 Å². The lowest BCUT2D eigenvalue weighted by molar-refractivity contribution is -0.160. The smallest absolute Gasteiger partial charge is 0.351 e. The molecule has 0 aromatic heterocycles. The number of fused-ring (bicyclic) bond motifs is 1. The van der Waals surface area contributed by atoms with Gasteiger partial charge in [0, 0.05) is 0 Å². The summed E-state index contributed by atoms with van der Waals surface area (Å²) >= 11 is 0. The molecular weight excluding hydrogens is 196 g/mol. The van der Waals surface area contributed by atoms with Gasteiger partial charge in [0.1, 0.15) is 6.61 Å². The third-order valence-electron chi connectivity index (χ3n) is 2.58. The van der Waals surface area contributed by atoms with Gasteiger partial charge in [-0.15, -0.1) is 0 Å². The molecule has 4 heteroatoms. The number of rotatable bonds is 2. The number of hydrogen-bond acceptors (Lipinski definition) is 3. The highest BCUT2D eigenvalue weighted by Crippen LogP contribution is 2.36. The van der Waals surface area contributed by atoms with Gasteiger partial charge in [-0.25, -0.2) is 4.79 Å². The first-order chi connectivity index (χ1) is 7.18. The number of benzene rings is 1. The van der Waals surface area contributed by atoms with Gasteiger partial charge in [-0.1, -0.05) is 19.1 Å². The molecule has 1 aromatic carbocycles. The minimum atomic E-state index is -1.24. The van der Waals surface area contributed by atoms with E-state index in [-0.39, 0.29) is 6.61 Å². The number of para-hydroxylation sites is 2. The van der Waals surface area contributed by atoms with Crippen LogP contribution in [0.4, 0.5) is 0 Å². The monoisotopic (exact) mass is 208 g/mol. The molecule has 1 aliphatic heterocycles. The van der Waals surface area contributed by atoms with Crippen LogP contribution >= 0.6 is 0 Å². The lowest BCUT2D eigenvalue weighted by Gasteiger charge is -2.34. The fourth-order valence-corrected chi connectivity index (χ4v) is 1.52. The summed E-state index contributed by atoms with van der Waals surface area (Å²) in [4.78, 5) is 11.1. The van der Waals surface area contributed by atoms with Crippen LogP contribution < -0.4 is 9.47 Å². The number of carbonyl (C=O) groups is 1. The molecule has 0 saturated carbocycles. The average Bonchev–Trinajstić information content (AvgIpc) is 2.28. The van der Waals surface area contributed by atoms with E-state index in [1.807, 2.05) is 6.07 Å². The van der Waals surface area contributed by atoms with Gasteiger partial charge < -0.3 is 14.6 Å². The van der Waals surface area contributed by atoms with Crippen molar-refractivity contribution in [1.82, 2.24) is 0 Å². The summed E-state index contributed by atoms with van der Waals surface area (Å²) in [5.74, 6) is 0.107. The van der Waals surface area contributed by atoms with Crippen LogP contribution in [-0.4, -0.2) is 23.3 Å². The Labute approximate surface area is 87.4 Å². The molecule has 15 heavy (non-hydrogen) atoms. The summed E-state index contributed by atoms with van der Waals surface area (Å²) in [5.41, 5.74) is -1.24. The molecule has 0 saturated heterocycles. The van der Waals surface area contributed by atoms with Gasteiger partial charge in [0.25, 0.3) is 0 Å². The fraction of sp³-hybridized carbons (Fsp3) is 0.364. The highest BCUT2D eigenvalue weighted by molar-refractivity contribution is 5.78. The highest BCUT2D eigenvalue weighted by Gasteiger charge is 2.43. The number of aliphatic carboxylic acids is 1. The first kappa shape index (κ1) is 9.83. The van der Waals surface area contributed by atoms with E-state index in [2.05, 4.69) is 0 Å². The first-order valence-corrected chi connectivity index (χ1v) is 4.82. The summed E-state index contributed by atoms with van der Waals surface area (Å²) in [5, 5.41) is 9.11. The van der Waals surface area contributed by atoms with Crippen molar-refractivity contribution in [2.24, 2.45) is 0 Å². The van der Waals surface area contributed by atoms with Crippen LogP contribution in [0.5, 0.6) is 11.5 Å². The minimum absolute atomic E-state index is 0.0514. The summed E-state index contributed by atoms with van der Waals surface area (Å²) in [6, 6.07) is 7.08. The van der Waals surface area contributed by atoms with Crippen LogP contribution in [0.1, 0.15) is 13.3 Å². The molecule has 0 radical (unpaired) electrons. The van der Waals surface area contributed by atoms with Crippen molar-refractivity contribution >= 4 is 5.97 Å². The Balaban J connectivity index is 2.35. The van der Waals surface area contributed by atoms with E-state index in [1.54, 1.807) is 25.1 Å². The molecule has 80 valence electrons. The van der Waals surface area contributed by atoms with E-state index in [0.29, 0.717) is 17.9 Å². The second kappa shape index (κ2) is 3.46. The van der Waals surface area contributed by atoms with Crippen LogP contribution in [0, 0.1) is 0 Å². The van der Waals surface area contributed by atoms with Gasteiger partial charge in [0.05, 0.1) is 0 Å². The van der Waals surface area contributed by atoms with E-state index in [9.17, 15) is 4.79 Å². The predicted octanol–water partition coefficient (Wildman–Crippen LogP) is 1.69. The Morgan fingerprint density at radius 2 is 2.13 bits per heavy atom.